The van der Waals surface area contributed by atoms with Gasteiger partial charge in [-0.1, -0.05) is 31.4 Å². The number of carbonyl (C=O) groups is 1. The molecule has 1 aliphatic carbocycles. The highest BCUT2D eigenvalue weighted by molar-refractivity contribution is 5.79. The molecule has 0 aliphatic heterocycles. The number of aliphatic hydroxyl groups is 1. The minimum absolute atomic E-state index is 0.0215. The van der Waals surface area contributed by atoms with Crippen molar-refractivity contribution in [2.24, 2.45) is 5.92 Å². The first-order chi connectivity index (χ1) is 10.6. The normalized spacial score (nSPS) is 21.9. The van der Waals surface area contributed by atoms with E-state index < -0.39 is 4.92 Å². The van der Waals surface area contributed by atoms with Crippen molar-refractivity contribution in [2.45, 2.75) is 44.6 Å². The number of amides is 1. The van der Waals surface area contributed by atoms with Crippen molar-refractivity contribution in [3.05, 3.63) is 39.9 Å². The summed E-state index contributed by atoms with van der Waals surface area (Å²) in [5.41, 5.74) is 0.769. The summed E-state index contributed by atoms with van der Waals surface area (Å²) in [6.45, 7) is 0.0997. The molecule has 1 amide bonds. The van der Waals surface area contributed by atoms with E-state index in [4.69, 9.17) is 0 Å². The molecule has 120 valence electrons. The average molecular weight is 306 g/mol. The summed E-state index contributed by atoms with van der Waals surface area (Å²) >= 11 is 0. The summed E-state index contributed by atoms with van der Waals surface area (Å²) in [6, 6.07) is 6.05. The van der Waals surface area contributed by atoms with Crippen molar-refractivity contribution < 1.29 is 14.8 Å². The molecule has 0 bridgehead atoms. The number of hydrogen-bond donors (Lipinski definition) is 2. The Bertz CT molecular complexity index is 515. The number of aliphatic hydroxyl groups excluding tert-OH is 1. The number of nitro benzene ring substituents is 1. The highest BCUT2D eigenvalue weighted by Gasteiger charge is 2.24. The summed E-state index contributed by atoms with van der Waals surface area (Å²) in [4.78, 5) is 22.3. The van der Waals surface area contributed by atoms with Crippen molar-refractivity contribution in [3.8, 4) is 0 Å². The lowest BCUT2D eigenvalue weighted by Crippen LogP contribution is -2.41. The second kappa shape index (κ2) is 7.89. The standard InChI is InChI=1S/C16H22N2O4/c19-11-13-4-2-1-3-5-15(13)17-16(20)10-12-6-8-14(9-7-12)18(21)22/h6-9,13,15,19H,1-5,10-11H2,(H,17,20). The molecule has 2 rings (SSSR count). The van der Waals surface area contributed by atoms with Crippen molar-refractivity contribution in [2.75, 3.05) is 6.61 Å². The van der Waals surface area contributed by atoms with Crippen molar-refractivity contribution in [3.63, 3.8) is 0 Å². The summed E-state index contributed by atoms with van der Waals surface area (Å²) < 4.78 is 0. The lowest BCUT2D eigenvalue weighted by Gasteiger charge is -2.24. The van der Waals surface area contributed by atoms with Crippen LogP contribution in [-0.2, 0) is 11.2 Å². The molecular formula is C16H22N2O4. The number of nitrogens with zero attached hydrogens (tertiary/aromatic N) is 1. The smallest absolute Gasteiger partial charge is 0.269 e. The van der Waals surface area contributed by atoms with Gasteiger partial charge in [-0.3, -0.25) is 14.9 Å². The minimum Gasteiger partial charge on any atom is -0.396 e. The molecule has 6 nitrogen and oxygen atoms in total. The zero-order valence-corrected chi connectivity index (χ0v) is 12.5. The van der Waals surface area contributed by atoms with Gasteiger partial charge < -0.3 is 10.4 Å². The van der Waals surface area contributed by atoms with Crippen LogP contribution in [0.3, 0.4) is 0 Å². The lowest BCUT2D eigenvalue weighted by molar-refractivity contribution is -0.384. The van der Waals surface area contributed by atoms with Gasteiger partial charge in [0.1, 0.15) is 0 Å². The van der Waals surface area contributed by atoms with E-state index in [0.717, 1.165) is 37.7 Å². The predicted molar refractivity (Wildman–Crippen MR) is 82.4 cm³/mol. The maximum atomic E-state index is 12.1. The molecule has 6 heteroatoms. The number of nitrogens with one attached hydrogen (secondary N) is 1. The zero-order chi connectivity index (χ0) is 15.9. The Morgan fingerprint density at radius 2 is 1.91 bits per heavy atom. The SMILES string of the molecule is O=C(Cc1ccc([N+](=O)[O-])cc1)NC1CCCCCC1CO. The van der Waals surface area contributed by atoms with Gasteiger partial charge in [-0.15, -0.1) is 0 Å². The zero-order valence-electron chi connectivity index (χ0n) is 12.5. The van der Waals surface area contributed by atoms with Crippen LogP contribution in [-0.4, -0.2) is 28.6 Å². The van der Waals surface area contributed by atoms with E-state index in [1.807, 2.05) is 0 Å². The molecule has 1 aromatic rings. The van der Waals surface area contributed by atoms with Crippen LogP contribution in [0.2, 0.25) is 0 Å². The average Bonchev–Trinajstić information content (AvgIpc) is 2.72. The Morgan fingerprint density at radius 1 is 1.23 bits per heavy atom. The molecule has 0 heterocycles. The van der Waals surface area contributed by atoms with Gasteiger partial charge >= 0.3 is 0 Å². The molecule has 2 unspecified atom stereocenters. The molecule has 0 aromatic heterocycles. The molecule has 22 heavy (non-hydrogen) atoms. The van der Waals surface area contributed by atoms with E-state index in [9.17, 15) is 20.0 Å². The summed E-state index contributed by atoms with van der Waals surface area (Å²) in [5.74, 6) is 0.0301. The number of carbonyl (C=O) groups excluding carboxylic acids is 1. The van der Waals surface area contributed by atoms with Crippen LogP contribution in [0, 0.1) is 16.0 Å². The van der Waals surface area contributed by atoms with Crippen LogP contribution in [0.25, 0.3) is 0 Å². The van der Waals surface area contributed by atoms with Crippen LogP contribution in [0.5, 0.6) is 0 Å². The van der Waals surface area contributed by atoms with E-state index >= 15 is 0 Å². The van der Waals surface area contributed by atoms with E-state index in [-0.39, 0.29) is 36.6 Å². The summed E-state index contributed by atoms with van der Waals surface area (Å²) in [5, 5.41) is 23.1. The molecule has 1 saturated carbocycles. The van der Waals surface area contributed by atoms with Gasteiger partial charge in [0.25, 0.3) is 5.69 Å². The second-order valence-corrected chi connectivity index (χ2v) is 5.86. The van der Waals surface area contributed by atoms with Crippen molar-refractivity contribution >= 4 is 11.6 Å². The van der Waals surface area contributed by atoms with Crippen LogP contribution >= 0.6 is 0 Å². The molecule has 2 atom stereocenters. The largest absolute Gasteiger partial charge is 0.396 e. The summed E-state index contributed by atoms with van der Waals surface area (Å²) in [7, 11) is 0. The van der Waals surface area contributed by atoms with Crippen LogP contribution in [0.4, 0.5) is 5.69 Å². The molecule has 0 spiro atoms. The summed E-state index contributed by atoms with van der Waals surface area (Å²) in [6.07, 6.45) is 5.35. The van der Waals surface area contributed by atoms with Gasteiger partial charge in [0, 0.05) is 30.7 Å². The van der Waals surface area contributed by atoms with E-state index in [2.05, 4.69) is 5.32 Å². The van der Waals surface area contributed by atoms with Crippen LogP contribution in [0.15, 0.2) is 24.3 Å². The first-order valence-corrected chi connectivity index (χ1v) is 7.73. The molecule has 1 aromatic carbocycles. The number of nitro groups is 1. The third kappa shape index (κ3) is 4.53. The number of rotatable bonds is 5. The fourth-order valence-electron chi connectivity index (χ4n) is 2.97. The molecule has 0 radical (unpaired) electrons. The maximum Gasteiger partial charge on any atom is 0.269 e. The van der Waals surface area contributed by atoms with E-state index in [1.165, 1.54) is 12.1 Å². The molecule has 1 aliphatic rings. The number of non-ortho nitro benzene ring substituents is 1. The monoisotopic (exact) mass is 306 g/mol. The van der Waals surface area contributed by atoms with Gasteiger partial charge in [-0.05, 0) is 18.4 Å². The van der Waals surface area contributed by atoms with Gasteiger partial charge in [-0.25, -0.2) is 0 Å². The molecule has 0 saturated heterocycles. The molecular weight excluding hydrogens is 284 g/mol. The van der Waals surface area contributed by atoms with Crippen molar-refractivity contribution in [1.82, 2.24) is 5.32 Å². The van der Waals surface area contributed by atoms with Crippen LogP contribution in [0.1, 0.15) is 37.7 Å². The third-order valence-corrected chi connectivity index (χ3v) is 4.25. The van der Waals surface area contributed by atoms with Gasteiger partial charge in [0.05, 0.1) is 11.3 Å². The lowest BCUT2D eigenvalue weighted by atomic mass is 9.95. The Morgan fingerprint density at radius 3 is 2.55 bits per heavy atom. The van der Waals surface area contributed by atoms with Gasteiger partial charge in [0.2, 0.25) is 5.91 Å². The molecule has 2 N–H and O–H groups in total. The number of benzene rings is 1. The fourth-order valence-corrected chi connectivity index (χ4v) is 2.97. The molecule has 1 fully saturated rings. The Kier molecular flexibility index (Phi) is 5.89. The first-order valence-electron chi connectivity index (χ1n) is 7.73. The van der Waals surface area contributed by atoms with Gasteiger partial charge in [-0.2, -0.15) is 0 Å². The highest BCUT2D eigenvalue weighted by Crippen LogP contribution is 2.23. The minimum atomic E-state index is -0.457. The quantitative estimate of drug-likeness (QED) is 0.495. The fraction of sp³-hybridized carbons (Fsp3) is 0.562. The van der Waals surface area contributed by atoms with Gasteiger partial charge in [0.15, 0.2) is 0 Å². The second-order valence-electron chi connectivity index (χ2n) is 5.86. The Balaban J connectivity index is 1.92. The highest BCUT2D eigenvalue weighted by atomic mass is 16.6. The predicted octanol–water partition coefficient (Wildman–Crippen LogP) is 2.19. The Labute approximate surface area is 129 Å². The third-order valence-electron chi connectivity index (χ3n) is 4.25. The topological polar surface area (TPSA) is 92.5 Å². The first kappa shape index (κ1) is 16.4. The van der Waals surface area contributed by atoms with Crippen LogP contribution < -0.4 is 5.32 Å². The van der Waals surface area contributed by atoms with E-state index in [1.54, 1.807) is 12.1 Å². The van der Waals surface area contributed by atoms with Crippen molar-refractivity contribution in [1.29, 1.82) is 0 Å². The maximum absolute atomic E-state index is 12.1. The van der Waals surface area contributed by atoms with E-state index in [0.29, 0.717) is 0 Å². The Hall–Kier alpha value is -1.95. The number of hydrogen-bond acceptors (Lipinski definition) is 4.